The minimum atomic E-state index is -0.156. The summed E-state index contributed by atoms with van der Waals surface area (Å²) >= 11 is 1.41. The molecule has 6 heteroatoms. The number of nitrogens with one attached hydrogen (secondary N) is 1. The van der Waals surface area contributed by atoms with Crippen molar-refractivity contribution in [1.29, 1.82) is 0 Å². The van der Waals surface area contributed by atoms with Gasteiger partial charge < -0.3 is 9.88 Å². The predicted molar refractivity (Wildman–Crippen MR) is 110 cm³/mol. The lowest BCUT2D eigenvalue weighted by Crippen LogP contribution is -2.16. The number of anilines is 1. The normalized spacial score (nSPS) is 11.1. The third-order valence-electron chi connectivity index (χ3n) is 4.08. The quantitative estimate of drug-likeness (QED) is 0.479. The zero-order valence-electron chi connectivity index (χ0n) is 15.7. The number of hydrogen-bond donors (Lipinski definition) is 1. The van der Waals surface area contributed by atoms with Gasteiger partial charge in [-0.2, -0.15) is 0 Å². The highest BCUT2D eigenvalue weighted by atomic mass is 32.2. The topological polar surface area (TPSA) is 64.0 Å². The molecule has 0 aliphatic rings. The first-order valence-electron chi connectivity index (χ1n) is 8.93. The third-order valence-corrected chi connectivity index (χ3v) is 5.06. The van der Waals surface area contributed by atoms with Crippen molar-refractivity contribution in [3.05, 3.63) is 54.1 Å². The number of benzene rings is 2. The molecule has 0 radical (unpaired) electrons. The fourth-order valence-corrected chi connectivity index (χ4v) is 3.74. The monoisotopic (exact) mass is 381 g/mol. The van der Waals surface area contributed by atoms with E-state index in [2.05, 4.69) is 34.8 Å². The van der Waals surface area contributed by atoms with Gasteiger partial charge in [0.2, 0.25) is 5.91 Å². The molecule has 0 atom stereocenters. The highest BCUT2D eigenvalue weighted by Gasteiger charge is 2.15. The van der Waals surface area contributed by atoms with Gasteiger partial charge in [-0.1, -0.05) is 49.9 Å². The van der Waals surface area contributed by atoms with Gasteiger partial charge in [0.05, 0.1) is 22.5 Å². The van der Waals surface area contributed by atoms with Crippen LogP contribution < -0.4 is 5.32 Å². The van der Waals surface area contributed by atoms with E-state index in [1.165, 1.54) is 18.7 Å². The highest BCUT2D eigenvalue weighted by molar-refractivity contribution is 7.99. The number of aromatic nitrogens is 2. The first-order valence-corrected chi connectivity index (χ1v) is 9.92. The largest absolute Gasteiger partial charge is 0.325 e. The molecule has 1 heterocycles. The van der Waals surface area contributed by atoms with Gasteiger partial charge in [0.15, 0.2) is 10.9 Å². The van der Waals surface area contributed by atoms with Gasteiger partial charge in [0.25, 0.3) is 0 Å². The third kappa shape index (κ3) is 4.57. The van der Waals surface area contributed by atoms with Crippen LogP contribution in [-0.4, -0.2) is 27.0 Å². The maximum Gasteiger partial charge on any atom is 0.234 e. The Morgan fingerprint density at radius 1 is 1.11 bits per heavy atom. The molecular weight excluding hydrogens is 358 g/mol. The van der Waals surface area contributed by atoms with Crippen LogP contribution in [0.3, 0.4) is 0 Å². The summed E-state index contributed by atoms with van der Waals surface area (Å²) in [5.74, 6) is 0.473. The molecule has 2 aromatic carbocycles. The van der Waals surface area contributed by atoms with Crippen LogP contribution in [-0.2, 0) is 11.3 Å². The number of rotatable bonds is 7. The molecule has 0 saturated carbocycles. The Kier molecular flexibility index (Phi) is 5.96. The summed E-state index contributed by atoms with van der Waals surface area (Å²) in [5.41, 5.74) is 3.08. The van der Waals surface area contributed by atoms with Crippen LogP contribution in [0.2, 0.25) is 0 Å². The summed E-state index contributed by atoms with van der Waals surface area (Å²) in [6.07, 6.45) is 0. The maximum absolute atomic E-state index is 12.4. The summed E-state index contributed by atoms with van der Waals surface area (Å²) in [5, 5.41) is 3.67. The number of imidazole rings is 1. The molecule has 0 aliphatic heterocycles. The highest BCUT2D eigenvalue weighted by Crippen LogP contribution is 2.25. The van der Waals surface area contributed by atoms with Gasteiger partial charge in [-0.15, -0.1) is 0 Å². The van der Waals surface area contributed by atoms with Crippen molar-refractivity contribution in [3.63, 3.8) is 0 Å². The molecular formula is C21H23N3O2S. The lowest BCUT2D eigenvalue weighted by atomic mass is 10.1. The van der Waals surface area contributed by atoms with Crippen molar-refractivity contribution in [3.8, 4) is 0 Å². The molecule has 0 spiro atoms. The predicted octanol–water partition coefficient (Wildman–Crippen LogP) is 4.63. The van der Waals surface area contributed by atoms with Crippen LogP contribution in [0.4, 0.5) is 5.69 Å². The fourth-order valence-electron chi connectivity index (χ4n) is 2.92. The van der Waals surface area contributed by atoms with Gasteiger partial charge in [-0.25, -0.2) is 4.98 Å². The number of Topliss-reactive ketones (excluding diaryl/α,β-unsaturated/α-hetero) is 1. The number of ketones is 1. The van der Waals surface area contributed by atoms with Crippen LogP contribution >= 0.6 is 11.8 Å². The molecule has 5 nitrogen and oxygen atoms in total. The summed E-state index contributed by atoms with van der Waals surface area (Å²) < 4.78 is 2.17. The summed E-state index contributed by atoms with van der Waals surface area (Å²) in [6.45, 7) is 6.66. The number of carbonyl (C=O) groups excluding carboxylic acids is 2. The lowest BCUT2D eigenvalue weighted by molar-refractivity contribution is -0.113. The minimum Gasteiger partial charge on any atom is -0.325 e. The van der Waals surface area contributed by atoms with E-state index in [9.17, 15) is 9.59 Å². The van der Waals surface area contributed by atoms with Gasteiger partial charge in [0.1, 0.15) is 0 Å². The Hall–Kier alpha value is -2.60. The van der Waals surface area contributed by atoms with E-state index in [1.54, 1.807) is 24.3 Å². The van der Waals surface area contributed by atoms with Crippen LogP contribution in [0.5, 0.6) is 0 Å². The molecule has 0 fully saturated rings. The van der Waals surface area contributed by atoms with E-state index in [0.717, 1.165) is 22.7 Å². The van der Waals surface area contributed by atoms with Gasteiger partial charge in [-0.05, 0) is 37.1 Å². The van der Waals surface area contributed by atoms with Crippen molar-refractivity contribution in [2.24, 2.45) is 5.92 Å². The number of para-hydroxylation sites is 3. The number of hydrogen-bond acceptors (Lipinski definition) is 4. The first kappa shape index (κ1) is 19.2. The van der Waals surface area contributed by atoms with Crippen LogP contribution in [0.25, 0.3) is 11.0 Å². The van der Waals surface area contributed by atoms with Crippen molar-refractivity contribution in [2.75, 3.05) is 11.1 Å². The second kappa shape index (κ2) is 8.39. The number of nitrogens with zero attached hydrogens (tertiary/aromatic N) is 2. The molecule has 1 N–H and O–H groups in total. The van der Waals surface area contributed by atoms with Gasteiger partial charge in [-0.3, -0.25) is 9.59 Å². The number of thioether (sulfide) groups is 1. The van der Waals surface area contributed by atoms with E-state index < -0.39 is 0 Å². The average molecular weight is 382 g/mol. The zero-order chi connectivity index (χ0) is 19.4. The lowest BCUT2D eigenvalue weighted by Gasteiger charge is -2.12. The van der Waals surface area contributed by atoms with Gasteiger partial charge >= 0.3 is 0 Å². The van der Waals surface area contributed by atoms with Crippen LogP contribution in [0, 0.1) is 5.92 Å². The molecule has 1 aromatic heterocycles. The molecule has 3 rings (SSSR count). The molecule has 3 aromatic rings. The maximum atomic E-state index is 12.4. The Morgan fingerprint density at radius 3 is 2.56 bits per heavy atom. The van der Waals surface area contributed by atoms with Crippen LogP contribution in [0.15, 0.2) is 53.7 Å². The Bertz CT molecular complexity index is 978. The molecule has 1 amide bonds. The number of fused-ring (bicyclic) bond motifs is 1. The molecule has 0 saturated heterocycles. The Morgan fingerprint density at radius 2 is 1.81 bits per heavy atom. The second-order valence-corrected chi connectivity index (χ2v) is 7.77. The number of amides is 1. The fraction of sp³-hybridized carbons (Fsp3) is 0.286. The Balaban J connectivity index is 1.75. The smallest absolute Gasteiger partial charge is 0.234 e. The zero-order valence-corrected chi connectivity index (χ0v) is 16.5. The second-order valence-electron chi connectivity index (χ2n) is 6.83. The van der Waals surface area contributed by atoms with E-state index >= 15 is 0 Å². The van der Waals surface area contributed by atoms with Crippen molar-refractivity contribution >= 4 is 40.2 Å². The average Bonchev–Trinajstić information content (AvgIpc) is 2.97. The Labute approximate surface area is 163 Å². The van der Waals surface area contributed by atoms with Gasteiger partial charge in [0, 0.05) is 12.1 Å². The van der Waals surface area contributed by atoms with E-state index in [-0.39, 0.29) is 17.4 Å². The van der Waals surface area contributed by atoms with E-state index in [4.69, 9.17) is 0 Å². The molecule has 140 valence electrons. The van der Waals surface area contributed by atoms with Crippen molar-refractivity contribution < 1.29 is 9.59 Å². The molecule has 0 unspecified atom stereocenters. The molecule has 0 aliphatic carbocycles. The van der Waals surface area contributed by atoms with E-state index in [0.29, 0.717) is 17.2 Å². The first-order chi connectivity index (χ1) is 13.0. The summed E-state index contributed by atoms with van der Waals surface area (Å²) in [7, 11) is 0. The SMILES string of the molecule is CC(=O)c1ccccc1NC(=O)CSc1nc2ccccc2n1CC(C)C. The minimum absolute atomic E-state index is 0.0720. The summed E-state index contributed by atoms with van der Waals surface area (Å²) in [6, 6.07) is 15.1. The van der Waals surface area contributed by atoms with Crippen LogP contribution in [0.1, 0.15) is 31.1 Å². The number of carbonyl (C=O) groups is 2. The van der Waals surface area contributed by atoms with Crippen molar-refractivity contribution in [1.82, 2.24) is 9.55 Å². The molecule has 0 bridgehead atoms. The van der Waals surface area contributed by atoms with Crippen molar-refractivity contribution in [2.45, 2.75) is 32.5 Å². The van der Waals surface area contributed by atoms with E-state index in [1.807, 2.05) is 18.2 Å². The summed E-state index contributed by atoms with van der Waals surface area (Å²) in [4.78, 5) is 28.8. The standard InChI is InChI=1S/C21H23N3O2S/c1-14(2)12-24-19-11-7-6-10-18(19)23-21(24)27-13-20(26)22-17-9-5-4-8-16(17)15(3)25/h4-11,14H,12-13H2,1-3H3,(H,22,26). The molecule has 27 heavy (non-hydrogen) atoms.